The zero-order valence-electron chi connectivity index (χ0n) is 22.9. The maximum Gasteiger partial charge on any atom is 0.202 e. The Morgan fingerprint density at radius 2 is 0.900 bits per heavy atom. The molecule has 0 heterocycles. The van der Waals surface area contributed by atoms with Crippen molar-refractivity contribution in [2.75, 3.05) is 10.6 Å². The first-order chi connectivity index (χ1) is 19.4. The largest absolute Gasteiger partial charge is 0.507 e. The third-order valence-electron chi connectivity index (χ3n) is 7.38. The molecule has 0 saturated carbocycles. The van der Waals surface area contributed by atoms with E-state index in [1.165, 1.54) is 23.3 Å². The van der Waals surface area contributed by atoms with Crippen LogP contribution in [0.5, 0.6) is 11.5 Å². The summed E-state index contributed by atoms with van der Waals surface area (Å²) in [4.78, 5) is 27.7. The van der Waals surface area contributed by atoms with E-state index < -0.39 is 11.6 Å². The second-order valence-corrected chi connectivity index (χ2v) is 10.3. The van der Waals surface area contributed by atoms with Gasteiger partial charge in [0.2, 0.25) is 5.78 Å². The first-order valence-electron chi connectivity index (χ1n) is 13.9. The standard InChI is InChI=1S/C34H34N2O4/c1-3-5-7-21-9-13-23(14-10-21)35-25-17-19-27(37)31-29(25)33(39)30-26(18-20-28(38)32(30)34(31)40)36-24-15-11-22(12-16-24)8-6-4-2/h9-20,35-38H,3-8H2,1-2H3. The third-order valence-corrected chi connectivity index (χ3v) is 7.38. The lowest BCUT2D eigenvalue weighted by Gasteiger charge is -2.24. The number of rotatable bonds is 10. The number of fused-ring (bicyclic) bond motifs is 2. The summed E-state index contributed by atoms with van der Waals surface area (Å²) in [6.07, 6.45) is 6.45. The topological polar surface area (TPSA) is 98.7 Å². The molecule has 0 saturated heterocycles. The molecule has 6 heteroatoms. The summed E-state index contributed by atoms with van der Waals surface area (Å²) in [5.41, 5.74) is 4.72. The minimum Gasteiger partial charge on any atom is -0.507 e. The van der Waals surface area contributed by atoms with Gasteiger partial charge >= 0.3 is 0 Å². The number of hydrogen-bond donors (Lipinski definition) is 4. The van der Waals surface area contributed by atoms with Gasteiger partial charge in [-0.3, -0.25) is 9.59 Å². The van der Waals surface area contributed by atoms with Crippen LogP contribution >= 0.6 is 0 Å². The first kappa shape index (κ1) is 27.0. The molecule has 4 aromatic carbocycles. The minimum absolute atomic E-state index is 0.0797. The molecule has 0 radical (unpaired) electrons. The van der Waals surface area contributed by atoms with Crippen molar-refractivity contribution in [2.24, 2.45) is 0 Å². The molecule has 0 atom stereocenters. The van der Waals surface area contributed by atoms with E-state index in [2.05, 4.69) is 24.5 Å². The van der Waals surface area contributed by atoms with E-state index in [-0.39, 0.29) is 33.8 Å². The highest BCUT2D eigenvalue weighted by Gasteiger charge is 2.38. The van der Waals surface area contributed by atoms with Crippen molar-refractivity contribution in [3.05, 3.63) is 106 Å². The van der Waals surface area contributed by atoms with Gasteiger partial charge in [0.25, 0.3) is 0 Å². The van der Waals surface area contributed by atoms with E-state index in [0.717, 1.165) is 49.9 Å². The Balaban J connectivity index is 1.51. The normalized spacial score (nSPS) is 12.2. The number of carbonyl (C=O) groups is 2. The number of nitrogens with one attached hydrogen (secondary N) is 2. The summed E-state index contributed by atoms with van der Waals surface area (Å²) in [7, 11) is 0. The number of carbonyl (C=O) groups excluding carboxylic acids is 2. The van der Waals surface area contributed by atoms with Crippen LogP contribution in [0.1, 0.15) is 82.5 Å². The monoisotopic (exact) mass is 534 g/mol. The Kier molecular flexibility index (Phi) is 7.87. The quantitative estimate of drug-likeness (QED) is 0.135. The molecular formula is C34H34N2O4. The van der Waals surface area contributed by atoms with Crippen LogP contribution in [0.4, 0.5) is 22.7 Å². The average molecular weight is 535 g/mol. The molecule has 5 rings (SSSR count). The lowest BCUT2D eigenvalue weighted by atomic mass is 9.81. The van der Waals surface area contributed by atoms with Crippen LogP contribution in [0.15, 0.2) is 72.8 Å². The average Bonchev–Trinajstić information content (AvgIpc) is 2.96. The highest BCUT2D eigenvalue weighted by Crippen LogP contribution is 2.43. The van der Waals surface area contributed by atoms with Crippen molar-refractivity contribution in [3.8, 4) is 11.5 Å². The molecule has 0 amide bonds. The second kappa shape index (κ2) is 11.7. The number of ketones is 2. The zero-order valence-corrected chi connectivity index (χ0v) is 22.9. The molecule has 204 valence electrons. The number of hydrogen-bond acceptors (Lipinski definition) is 6. The second-order valence-electron chi connectivity index (χ2n) is 10.3. The van der Waals surface area contributed by atoms with Crippen LogP contribution in [-0.2, 0) is 12.8 Å². The van der Waals surface area contributed by atoms with Gasteiger partial charge in [-0.05, 0) is 85.3 Å². The van der Waals surface area contributed by atoms with Gasteiger partial charge < -0.3 is 20.8 Å². The molecule has 0 aromatic heterocycles. The van der Waals surface area contributed by atoms with E-state index in [9.17, 15) is 19.8 Å². The van der Waals surface area contributed by atoms with Gasteiger partial charge in [-0.2, -0.15) is 0 Å². The number of benzene rings is 4. The van der Waals surface area contributed by atoms with Crippen molar-refractivity contribution in [3.63, 3.8) is 0 Å². The van der Waals surface area contributed by atoms with Gasteiger partial charge in [-0.1, -0.05) is 51.0 Å². The van der Waals surface area contributed by atoms with Crippen LogP contribution < -0.4 is 10.6 Å². The van der Waals surface area contributed by atoms with Crippen LogP contribution in [0, 0.1) is 0 Å². The SMILES string of the molecule is CCCCc1ccc(Nc2ccc(O)c3c2C(=O)c2c(Nc4ccc(CCCC)cc4)ccc(O)c2C3=O)cc1. The zero-order chi connectivity index (χ0) is 28.2. The maximum atomic E-state index is 14.1. The summed E-state index contributed by atoms with van der Waals surface area (Å²) >= 11 is 0. The Bertz CT molecular complexity index is 1440. The molecule has 4 aromatic rings. The van der Waals surface area contributed by atoms with Crippen molar-refractivity contribution < 1.29 is 19.8 Å². The summed E-state index contributed by atoms with van der Waals surface area (Å²) in [5, 5.41) is 27.9. The molecule has 1 aliphatic rings. The van der Waals surface area contributed by atoms with E-state index >= 15 is 0 Å². The maximum absolute atomic E-state index is 14.1. The molecule has 6 nitrogen and oxygen atoms in total. The molecule has 0 spiro atoms. The predicted molar refractivity (Wildman–Crippen MR) is 160 cm³/mol. The third kappa shape index (κ3) is 5.30. The van der Waals surface area contributed by atoms with Gasteiger partial charge in [0.15, 0.2) is 5.78 Å². The van der Waals surface area contributed by atoms with Crippen LogP contribution in [-0.4, -0.2) is 21.8 Å². The van der Waals surface area contributed by atoms with Crippen molar-refractivity contribution in [1.29, 1.82) is 0 Å². The van der Waals surface area contributed by atoms with E-state index in [1.807, 2.05) is 48.5 Å². The highest BCUT2D eigenvalue weighted by molar-refractivity contribution is 6.33. The van der Waals surface area contributed by atoms with Crippen LogP contribution in [0.3, 0.4) is 0 Å². The summed E-state index contributed by atoms with van der Waals surface area (Å²) in [5.74, 6) is -1.67. The van der Waals surface area contributed by atoms with Crippen molar-refractivity contribution in [1.82, 2.24) is 0 Å². The van der Waals surface area contributed by atoms with Crippen molar-refractivity contribution in [2.45, 2.75) is 52.4 Å². The molecule has 0 bridgehead atoms. The number of aryl methyl sites for hydroxylation is 2. The lowest BCUT2D eigenvalue weighted by Crippen LogP contribution is -2.23. The van der Waals surface area contributed by atoms with Crippen molar-refractivity contribution >= 4 is 34.3 Å². The van der Waals surface area contributed by atoms with E-state index in [1.54, 1.807) is 12.1 Å². The van der Waals surface area contributed by atoms with E-state index in [4.69, 9.17) is 0 Å². The number of phenolic OH excluding ortho intramolecular Hbond substituents is 2. The number of anilines is 4. The Morgan fingerprint density at radius 1 is 0.525 bits per heavy atom. The summed E-state index contributed by atoms with van der Waals surface area (Å²) in [6, 6.07) is 21.9. The molecular weight excluding hydrogens is 500 g/mol. The number of phenols is 2. The van der Waals surface area contributed by atoms with E-state index in [0.29, 0.717) is 11.4 Å². The molecule has 0 fully saturated rings. The fraction of sp³-hybridized carbons (Fsp3) is 0.235. The molecule has 0 aliphatic heterocycles. The van der Waals surface area contributed by atoms with Gasteiger partial charge in [0.05, 0.1) is 33.6 Å². The number of aromatic hydroxyl groups is 2. The highest BCUT2D eigenvalue weighted by atomic mass is 16.3. The fourth-order valence-electron chi connectivity index (χ4n) is 5.16. The summed E-state index contributed by atoms with van der Waals surface area (Å²) in [6.45, 7) is 4.32. The molecule has 1 aliphatic carbocycles. The van der Waals surface area contributed by atoms with Gasteiger partial charge in [0, 0.05) is 11.4 Å². The predicted octanol–water partition coefficient (Wildman–Crippen LogP) is 8.05. The van der Waals surface area contributed by atoms with Gasteiger partial charge in [-0.25, -0.2) is 0 Å². The van der Waals surface area contributed by atoms with Crippen LogP contribution in [0.2, 0.25) is 0 Å². The molecule has 4 N–H and O–H groups in total. The minimum atomic E-state index is -0.600. The van der Waals surface area contributed by atoms with Gasteiger partial charge in [0.1, 0.15) is 11.5 Å². The smallest absolute Gasteiger partial charge is 0.202 e. The fourth-order valence-corrected chi connectivity index (χ4v) is 5.16. The Labute approximate surface area is 234 Å². The van der Waals surface area contributed by atoms with Crippen LogP contribution in [0.25, 0.3) is 0 Å². The Hall–Kier alpha value is -4.58. The molecule has 40 heavy (non-hydrogen) atoms. The summed E-state index contributed by atoms with van der Waals surface area (Å²) < 4.78 is 0. The lowest BCUT2D eigenvalue weighted by molar-refractivity contribution is 0.0975. The number of unbranched alkanes of at least 4 members (excludes halogenated alkanes) is 2. The Morgan fingerprint density at radius 3 is 1.27 bits per heavy atom. The molecule has 0 unspecified atom stereocenters. The van der Waals surface area contributed by atoms with Gasteiger partial charge in [-0.15, -0.1) is 0 Å². The first-order valence-corrected chi connectivity index (χ1v) is 13.9.